The number of thioether (sulfide) groups is 1. The minimum atomic E-state index is -0.525. The van der Waals surface area contributed by atoms with E-state index >= 15 is 0 Å². The number of hydrogen-bond donors (Lipinski definition) is 1. The molecule has 0 aliphatic heterocycles. The molecule has 0 aliphatic rings. The number of halogens is 1. The summed E-state index contributed by atoms with van der Waals surface area (Å²) in [5, 5.41) is 17.1. The van der Waals surface area contributed by atoms with Gasteiger partial charge in [-0.25, -0.2) is 4.79 Å². The maximum atomic E-state index is 12.9. The van der Waals surface area contributed by atoms with Crippen LogP contribution in [0, 0.1) is 0 Å². The molecule has 0 atom stereocenters. The fourth-order valence-corrected chi connectivity index (χ4v) is 6.48. The highest BCUT2D eigenvalue weighted by molar-refractivity contribution is 7.99. The number of esters is 1. The molecule has 0 saturated heterocycles. The smallest absolute Gasteiger partial charge is 0.341 e. The third-order valence-corrected chi connectivity index (χ3v) is 8.47. The number of amides is 1. The number of nitrogens with one attached hydrogen (secondary N) is 1. The number of benzene rings is 1. The van der Waals surface area contributed by atoms with Crippen LogP contribution in [0.2, 0.25) is 5.02 Å². The number of anilines is 1. The van der Waals surface area contributed by atoms with Crippen molar-refractivity contribution in [1.82, 2.24) is 14.8 Å². The molecule has 0 saturated carbocycles. The Morgan fingerprint density at radius 1 is 1.19 bits per heavy atom. The third-order valence-electron chi connectivity index (χ3n) is 5.36. The molecule has 11 heteroatoms. The Hall–Kier alpha value is -2.92. The van der Waals surface area contributed by atoms with E-state index in [-0.39, 0.29) is 11.7 Å². The first kappa shape index (κ1) is 27.1. The van der Waals surface area contributed by atoms with Crippen LogP contribution in [0.5, 0.6) is 0 Å². The number of rotatable bonds is 11. The average Bonchev–Trinajstić information content (AvgIpc) is 3.62. The van der Waals surface area contributed by atoms with Crippen molar-refractivity contribution in [2.45, 2.75) is 31.5 Å². The van der Waals surface area contributed by atoms with Crippen molar-refractivity contribution < 1.29 is 14.3 Å². The minimum absolute atomic E-state index is 0.0921. The van der Waals surface area contributed by atoms with Crippen molar-refractivity contribution in [2.24, 2.45) is 0 Å². The highest BCUT2D eigenvalue weighted by Crippen LogP contribution is 2.37. The Balaban J connectivity index is 1.50. The number of thiophene rings is 2. The van der Waals surface area contributed by atoms with E-state index in [1.165, 1.54) is 35.1 Å². The van der Waals surface area contributed by atoms with E-state index < -0.39 is 5.97 Å². The van der Waals surface area contributed by atoms with Crippen LogP contribution in [-0.2, 0) is 22.5 Å². The molecule has 0 fully saturated rings. The second-order valence-electron chi connectivity index (χ2n) is 7.95. The first-order valence-electron chi connectivity index (χ1n) is 11.4. The number of hydrogen-bond acceptors (Lipinski definition) is 8. The maximum Gasteiger partial charge on any atom is 0.341 e. The predicted octanol–water partition coefficient (Wildman–Crippen LogP) is 7.04. The third kappa shape index (κ3) is 6.32. The Bertz CT molecular complexity index is 1410. The van der Waals surface area contributed by atoms with Gasteiger partial charge in [0.05, 0.1) is 12.9 Å². The summed E-state index contributed by atoms with van der Waals surface area (Å²) in [7, 11) is 1.32. The summed E-state index contributed by atoms with van der Waals surface area (Å²) in [5.74, 6) is 0.0486. The number of carbonyl (C=O) groups excluding carboxylic acids is 2. The van der Waals surface area contributed by atoms with Crippen LogP contribution in [-0.4, -0.2) is 39.5 Å². The normalized spacial score (nSPS) is 10.9. The molecule has 7 nitrogen and oxygen atoms in total. The summed E-state index contributed by atoms with van der Waals surface area (Å²) in [6.45, 7) is 6.53. The summed E-state index contributed by atoms with van der Waals surface area (Å²) >= 11 is 10.3. The molecule has 0 unspecified atom stereocenters. The summed E-state index contributed by atoms with van der Waals surface area (Å²) in [6.07, 6.45) is 3.89. The van der Waals surface area contributed by atoms with Crippen molar-refractivity contribution in [3.63, 3.8) is 0 Å². The second kappa shape index (κ2) is 12.6. The van der Waals surface area contributed by atoms with E-state index in [0.29, 0.717) is 32.9 Å². The van der Waals surface area contributed by atoms with Gasteiger partial charge in [-0.1, -0.05) is 54.9 Å². The summed E-state index contributed by atoms with van der Waals surface area (Å²) in [6, 6.07) is 9.28. The maximum absolute atomic E-state index is 12.9. The molecular weight excluding hydrogens is 548 g/mol. The molecule has 1 amide bonds. The van der Waals surface area contributed by atoms with Crippen molar-refractivity contribution in [3.05, 3.63) is 69.2 Å². The molecule has 4 aromatic rings. The Morgan fingerprint density at radius 3 is 2.68 bits per heavy atom. The molecule has 4 rings (SSSR count). The SMILES string of the molecule is C=CCn1c(SCC(=O)Nc2scc(-c3ccc(Cl)cc3)c2C(=O)OC)nnc1-c1csc(CCC)c1. The average molecular weight is 573 g/mol. The highest BCUT2D eigenvalue weighted by atomic mass is 35.5. The zero-order valence-corrected chi connectivity index (χ0v) is 23.5. The molecule has 0 spiro atoms. The van der Waals surface area contributed by atoms with Crippen LogP contribution >= 0.6 is 46.0 Å². The highest BCUT2D eigenvalue weighted by Gasteiger charge is 2.23. The Kier molecular flexibility index (Phi) is 9.20. The first-order valence-corrected chi connectivity index (χ1v) is 14.6. The monoisotopic (exact) mass is 572 g/mol. The molecule has 1 aromatic carbocycles. The van der Waals surface area contributed by atoms with Gasteiger partial charge < -0.3 is 10.1 Å². The second-order valence-corrected chi connectivity index (χ2v) is 11.2. The quantitative estimate of drug-likeness (QED) is 0.118. The van der Waals surface area contributed by atoms with Gasteiger partial charge in [-0.15, -0.1) is 39.4 Å². The standard InChI is InChI=1S/C26H25ClN4O3S3/c1-4-6-19-12-17(13-35-19)23-29-30-26(31(23)11-5-2)37-15-21(32)28-24-22(25(33)34-3)20(14-36-24)16-7-9-18(27)10-8-16/h5,7-10,12-14H,2,4,6,11,15H2,1,3H3,(H,28,32). The van der Waals surface area contributed by atoms with Crippen LogP contribution in [0.3, 0.4) is 0 Å². The predicted molar refractivity (Wildman–Crippen MR) is 153 cm³/mol. The largest absolute Gasteiger partial charge is 0.465 e. The van der Waals surface area contributed by atoms with Gasteiger partial charge in [0.25, 0.3) is 0 Å². The van der Waals surface area contributed by atoms with E-state index in [1.807, 2.05) is 22.1 Å². The van der Waals surface area contributed by atoms with E-state index in [0.717, 1.165) is 29.8 Å². The number of allylic oxidation sites excluding steroid dienone is 1. The summed E-state index contributed by atoms with van der Waals surface area (Å²) in [4.78, 5) is 26.8. The van der Waals surface area contributed by atoms with Crippen LogP contribution in [0.4, 0.5) is 5.00 Å². The Labute approximate surface area is 232 Å². The van der Waals surface area contributed by atoms with Gasteiger partial charge in [0.1, 0.15) is 10.6 Å². The minimum Gasteiger partial charge on any atom is -0.465 e. The molecular formula is C26H25ClN4O3S3. The molecule has 0 bridgehead atoms. The van der Waals surface area contributed by atoms with Crippen LogP contribution in [0.15, 0.2) is 58.9 Å². The number of carbonyl (C=O) groups is 2. The van der Waals surface area contributed by atoms with Crippen molar-refractivity contribution in [3.8, 4) is 22.5 Å². The lowest BCUT2D eigenvalue weighted by atomic mass is 10.0. The van der Waals surface area contributed by atoms with Crippen molar-refractivity contribution in [2.75, 3.05) is 18.2 Å². The van der Waals surface area contributed by atoms with Crippen molar-refractivity contribution >= 4 is 62.9 Å². The van der Waals surface area contributed by atoms with Gasteiger partial charge in [0, 0.05) is 38.3 Å². The van der Waals surface area contributed by atoms with Gasteiger partial charge in [0.15, 0.2) is 11.0 Å². The Morgan fingerprint density at radius 2 is 1.97 bits per heavy atom. The van der Waals surface area contributed by atoms with Gasteiger partial charge >= 0.3 is 5.97 Å². The molecule has 3 heterocycles. The van der Waals surface area contributed by atoms with Gasteiger partial charge in [0.2, 0.25) is 5.91 Å². The van der Waals surface area contributed by atoms with E-state index in [2.05, 4.69) is 40.5 Å². The summed E-state index contributed by atoms with van der Waals surface area (Å²) in [5.41, 5.74) is 2.79. The number of ether oxygens (including phenoxy) is 1. The van der Waals surface area contributed by atoms with Gasteiger partial charge in [-0.3, -0.25) is 9.36 Å². The van der Waals surface area contributed by atoms with Crippen LogP contribution < -0.4 is 5.32 Å². The molecule has 0 aliphatic carbocycles. The number of methoxy groups -OCH3 is 1. The van der Waals surface area contributed by atoms with E-state index in [1.54, 1.807) is 29.5 Å². The summed E-state index contributed by atoms with van der Waals surface area (Å²) < 4.78 is 6.94. The lowest BCUT2D eigenvalue weighted by Crippen LogP contribution is -2.16. The lowest BCUT2D eigenvalue weighted by Gasteiger charge is -2.09. The number of nitrogens with zero attached hydrogens (tertiary/aromatic N) is 3. The zero-order chi connectivity index (χ0) is 26.4. The molecule has 192 valence electrons. The van der Waals surface area contributed by atoms with Crippen LogP contribution in [0.25, 0.3) is 22.5 Å². The molecule has 0 radical (unpaired) electrons. The van der Waals surface area contributed by atoms with E-state index in [9.17, 15) is 9.59 Å². The topological polar surface area (TPSA) is 86.1 Å². The fraction of sp³-hybridized carbons (Fsp3) is 0.231. The first-order chi connectivity index (χ1) is 17.9. The van der Waals surface area contributed by atoms with Crippen LogP contribution in [0.1, 0.15) is 28.6 Å². The molecule has 37 heavy (non-hydrogen) atoms. The zero-order valence-electron chi connectivity index (χ0n) is 20.3. The van der Waals surface area contributed by atoms with E-state index in [4.69, 9.17) is 16.3 Å². The number of aryl methyl sites for hydroxylation is 1. The molecule has 1 N–H and O–H groups in total. The van der Waals surface area contributed by atoms with Crippen molar-refractivity contribution in [1.29, 1.82) is 0 Å². The van der Waals surface area contributed by atoms with Gasteiger partial charge in [-0.05, 0) is 30.2 Å². The van der Waals surface area contributed by atoms with Gasteiger partial charge in [-0.2, -0.15) is 0 Å². The number of aromatic nitrogens is 3. The lowest BCUT2D eigenvalue weighted by molar-refractivity contribution is -0.113. The molecule has 3 aromatic heterocycles. The fourth-order valence-electron chi connectivity index (χ4n) is 3.67.